The van der Waals surface area contributed by atoms with Gasteiger partial charge in [0.15, 0.2) is 5.82 Å². The highest BCUT2D eigenvalue weighted by Gasteiger charge is 2.31. The normalized spacial score (nSPS) is 16.6. The van der Waals surface area contributed by atoms with Crippen LogP contribution >= 0.6 is 0 Å². The maximum atomic E-state index is 12.6. The molecular formula is C23H27N7O. The lowest BCUT2D eigenvalue weighted by Gasteiger charge is -2.32. The summed E-state index contributed by atoms with van der Waals surface area (Å²) in [6.45, 7) is 6.92. The van der Waals surface area contributed by atoms with Gasteiger partial charge >= 0.3 is 0 Å². The van der Waals surface area contributed by atoms with Crippen molar-refractivity contribution in [2.75, 3.05) is 18.0 Å². The van der Waals surface area contributed by atoms with Crippen molar-refractivity contribution in [1.82, 2.24) is 29.6 Å². The van der Waals surface area contributed by atoms with Crippen LogP contribution in [-0.4, -0.2) is 48.6 Å². The molecule has 0 bridgehead atoms. The van der Waals surface area contributed by atoms with Crippen LogP contribution in [0.15, 0.2) is 36.8 Å². The first-order valence-electron chi connectivity index (χ1n) is 11.0. The molecule has 1 fully saturated rings. The highest BCUT2D eigenvalue weighted by molar-refractivity contribution is 5.76. The molecule has 2 aliphatic rings. The number of nitrogens with zero attached hydrogens (tertiary/aromatic N) is 7. The SMILES string of the molecule is CCC(=O)N1Cc2cc(C)ccc2-n2c(nnc2C2CCN(c3cnccn3)CC2)C1. The Kier molecular flexibility index (Phi) is 5.13. The molecule has 160 valence electrons. The summed E-state index contributed by atoms with van der Waals surface area (Å²) >= 11 is 0. The molecule has 0 radical (unpaired) electrons. The highest BCUT2D eigenvalue weighted by Crippen LogP contribution is 2.33. The van der Waals surface area contributed by atoms with Crippen molar-refractivity contribution in [3.8, 4) is 5.69 Å². The number of amides is 1. The summed E-state index contributed by atoms with van der Waals surface area (Å²) in [4.78, 5) is 25.4. The zero-order valence-corrected chi connectivity index (χ0v) is 18.0. The number of hydrogen-bond donors (Lipinski definition) is 0. The molecule has 31 heavy (non-hydrogen) atoms. The molecule has 4 heterocycles. The molecule has 0 spiro atoms. The number of carbonyl (C=O) groups excluding carboxylic acids is 1. The Morgan fingerprint density at radius 2 is 1.97 bits per heavy atom. The minimum atomic E-state index is 0.141. The van der Waals surface area contributed by atoms with E-state index in [9.17, 15) is 4.79 Å². The molecule has 2 aromatic heterocycles. The fraction of sp³-hybridized carbons (Fsp3) is 0.435. The van der Waals surface area contributed by atoms with Crippen molar-refractivity contribution in [2.24, 2.45) is 0 Å². The smallest absolute Gasteiger partial charge is 0.222 e. The van der Waals surface area contributed by atoms with E-state index in [2.05, 4.69) is 54.8 Å². The van der Waals surface area contributed by atoms with Gasteiger partial charge in [-0.2, -0.15) is 0 Å². The minimum absolute atomic E-state index is 0.141. The second kappa shape index (κ2) is 8.09. The largest absolute Gasteiger partial charge is 0.355 e. The van der Waals surface area contributed by atoms with Crippen LogP contribution < -0.4 is 4.90 Å². The Morgan fingerprint density at radius 3 is 2.71 bits per heavy atom. The second-order valence-electron chi connectivity index (χ2n) is 8.37. The summed E-state index contributed by atoms with van der Waals surface area (Å²) in [5.74, 6) is 3.23. The van der Waals surface area contributed by atoms with E-state index in [-0.39, 0.29) is 5.91 Å². The Hall–Kier alpha value is -3.29. The predicted molar refractivity (Wildman–Crippen MR) is 117 cm³/mol. The van der Waals surface area contributed by atoms with Gasteiger partial charge in [-0.1, -0.05) is 24.6 Å². The second-order valence-corrected chi connectivity index (χ2v) is 8.37. The minimum Gasteiger partial charge on any atom is -0.355 e. The average Bonchev–Trinajstić information content (AvgIpc) is 3.15. The highest BCUT2D eigenvalue weighted by atomic mass is 16.2. The summed E-state index contributed by atoms with van der Waals surface area (Å²) in [5, 5.41) is 9.17. The Morgan fingerprint density at radius 1 is 1.13 bits per heavy atom. The molecule has 8 nitrogen and oxygen atoms in total. The third-order valence-electron chi connectivity index (χ3n) is 6.31. The molecule has 0 aliphatic carbocycles. The lowest BCUT2D eigenvalue weighted by atomic mass is 9.95. The van der Waals surface area contributed by atoms with E-state index in [1.165, 1.54) is 5.56 Å². The number of aryl methyl sites for hydroxylation is 1. The van der Waals surface area contributed by atoms with E-state index >= 15 is 0 Å². The van der Waals surface area contributed by atoms with Crippen molar-refractivity contribution in [3.05, 3.63) is 59.6 Å². The van der Waals surface area contributed by atoms with Crippen LogP contribution in [-0.2, 0) is 17.9 Å². The third kappa shape index (κ3) is 3.66. The maximum absolute atomic E-state index is 12.6. The summed E-state index contributed by atoms with van der Waals surface area (Å²) in [5.41, 5.74) is 3.44. The van der Waals surface area contributed by atoms with Gasteiger partial charge < -0.3 is 9.80 Å². The van der Waals surface area contributed by atoms with Gasteiger partial charge in [0.2, 0.25) is 5.91 Å². The predicted octanol–water partition coefficient (Wildman–Crippen LogP) is 3.00. The standard InChI is InChI=1S/C23H27N7O/c1-3-22(31)29-14-18-12-16(2)4-5-19(18)30-21(15-29)26-27-23(30)17-6-10-28(11-7-17)20-13-24-8-9-25-20/h4-5,8-9,12-13,17H,3,6-7,10-11,14-15H2,1-2H3. The van der Waals surface area contributed by atoms with Crippen LogP contribution in [0.1, 0.15) is 54.9 Å². The maximum Gasteiger partial charge on any atom is 0.222 e. The quantitative estimate of drug-likeness (QED) is 0.652. The fourth-order valence-corrected chi connectivity index (χ4v) is 4.67. The third-order valence-corrected chi connectivity index (χ3v) is 6.31. The number of hydrogen-bond acceptors (Lipinski definition) is 6. The molecule has 5 rings (SSSR count). The van der Waals surface area contributed by atoms with Gasteiger partial charge in [-0.3, -0.25) is 14.3 Å². The topological polar surface area (TPSA) is 80.0 Å². The van der Waals surface area contributed by atoms with Crippen LogP contribution in [0.4, 0.5) is 5.82 Å². The van der Waals surface area contributed by atoms with Crippen LogP contribution in [0.5, 0.6) is 0 Å². The van der Waals surface area contributed by atoms with Crippen LogP contribution in [0.3, 0.4) is 0 Å². The molecule has 0 unspecified atom stereocenters. The van der Waals surface area contributed by atoms with Gasteiger partial charge in [0.05, 0.1) is 18.4 Å². The van der Waals surface area contributed by atoms with Crippen LogP contribution in [0, 0.1) is 6.92 Å². The summed E-state index contributed by atoms with van der Waals surface area (Å²) < 4.78 is 2.21. The van der Waals surface area contributed by atoms with E-state index in [4.69, 9.17) is 0 Å². The average molecular weight is 418 g/mol. The van der Waals surface area contributed by atoms with Crippen molar-refractivity contribution >= 4 is 11.7 Å². The monoisotopic (exact) mass is 417 g/mol. The first kappa shape index (κ1) is 19.7. The zero-order chi connectivity index (χ0) is 21.4. The van der Waals surface area contributed by atoms with E-state index < -0.39 is 0 Å². The molecule has 0 N–H and O–H groups in total. The van der Waals surface area contributed by atoms with E-state index in [1.807, 2.05) is 18.0 Å². The van der Waals surface area contributed by atoms with E-state index in [0.29, 0.717) is 25.4 Å². The number of piperidine rings is 1. The van der Waals surface area contributed by atoms with Crippen LogP contribution in [0.25, 0.3) is 5.69 Å². The Bertz CT molecular complexity index is 1090. The zero-order valence-electron chi connectivity index (χ0n) is 18.0. The van der Waals surface area contributed by atoms with Crippen molar-refractivity contribution in [2.45, 2.75) is 52.1 Å². The van der Waals surface area contributed by atoms with Crippen molar-refractivity contribution in [1.29, 1.82) is 0 Å². The first-order chi connectivity index (χ1) is 15.1. The first-order valence-corrected chi connectivity index (χ1v) is 11.0. The number of anilines is 1. The summed E-state index contributed by atoms with van der Waals surface area (Å²) in [7, 11) is 0. The van der Waals surface area contributed by atoms with Gasteiger partial charge in [-0.05, 0) is 31.4 Å². The lowest BCUT2D eigenvalue weighted by Crippen LogP contribution is -2.34. The fourth-order valence-electron chi connectivity index (χ4n) is 4.67. The lowest BCUT2D eigenvalue weighted by molar-refractivity contribution is -0.132. The van der Waals surface area contributed by atoms with Gasteiger partial charge in [-0.25, -0.2) is 4.98 Å². The van der Waals surface area contributed by atoms with E-state index in [0.717, 1.165) is 54.6 Å². The van der Waals surface area contributed by atoms with E-state index in [1.54, 1.807) is 12.4 Å². The van der Waals surface area contributed by atoms with Gasteiger partial charge in [0.1, 0.15) is 11.6 Å². The Labute approximate surface area is 181 Å². The Balaban J connectivity index is 1.47. The summed E-state index contributed by atoms with van der Waals surface area (Å²) in [6.07, 6.45) is 7.71. The van der Waals surface area contributed by atoms with Gasteiger partial charge in [-0.15, -0.1) is 10.2 Å². The molecule has 0 saturated carbocycles. The molecule has 1 amide bonds. The molecule has 1 aromatic carbocycles. The molecule has 3 aromatic rings. The van der Waals surface area contributed by atoms with Crippen molar-refractivity contribution < 1.29 is 4.79 Å². The number of carbonyl (C=O) groups is 1. The summed E-state index contributed by atoms with van der Waals surface area (Å²) in [6, 6.07) is 6.46. The molecular weight excluding hydrogens is 390 g/mol. The van der Waals surface area contributed by atoms with Crippen molar-refractivity contribution in [3.63, 3.8) is 0 Å². The van der Waals surface area contributed by atoms with Crippen LogP contribution in [0.2, 0.25) is 0 Å². The van der Waals surface area contributed by atoms with Gasteiger partial charge in [0.25, 0.3) is 0 Å². The molecule has 1 saturated heterocycles. The molecule has 2 aliphatic heterocycles. The number of rotatable bonds is 3. The molecule has 0 atom stereocenters. The molecule has 8 heteroatoms. The number of fused-ring (bicyclic) bond motifs is 3. The number of aromatic nitrogens is 5. The van der Waals surface area contributed by atoms with Gasteiger partial charge in [0, 0.05) is 44.4 Å². The number of benzene rings is 1.